The number of rotatable bonds is 4. The summed E-state index contributed by atoms with van der Waals surface area (Å²) in [4.78, 5) is 12.6. The summed E-state index contributed by atoms with van der Waals surface area (Å²) in [6.07, 6.45) is 6.72. The van der Waals surface area contributed by atoms with Gasteiger partial charge in [0.2, 0.25) is 5.91 Å². The highest BCUT2D eigenvalue weighted by Gasteiger charge is 2.40. The molecule has 0 saturated heterocycles. The zero-order valence-corrected chi connectivity index (χ0v) is 13.8. The first-order chi connectivity index (χ1) is 9.25. The molecular formula is C18H29NO. The SMILES string of the molecule is CCC(C)(C)NC(=O)C1=CC2CC(C(C)C)C1C=C2C. The van der Waals surface area contributed by atoms with Crippen LogP contribution in [0.1, 0.15) is 54.4 Å². The molecule has 0 spiro atoms. The molecule has 3 atom stereocenters. The number of carbonyl (C=O) groups excluding carboxylic acids is 1. The van der Waals surface area contributed by atoms with Crippen LogP contribution >= 0.6 is 0 Å². The summed E-state index contributed by atoms with van der Waals surface area (Å²) in [5.74, 6) is 2.16. The van der Waals surface area contributed by atoms with Crippen LogP contribution in [0.5, 0.6) is 0 Å². The Hall–Kier alpha value is -1.05. The fourth-order valence-corrected chi connectivity index (χ4v) is 3.39. The maximum atomic E-state index is 12.6. The summed E-state index contributed by atoms with van der Waals surface area (Å²) >= 11 is 0. The average Bonchev–Trinajstić information content (AvgIpc) is 2.37. The van der Waals surface area contributed by atoms with Gasteiger partial charge in [-0.15, -0.1) is 0 Å². The lowest BCUT2D eigenvalue weighted by Crippen LogP contribution is -2.46. The van der Waals surface area contributed by atoms with Crippen molar-refractivity contribution in [2.75, 3.05) is 0 Å². The van der Waals surface area contributed by atoms with E-state index in [2.05, 4.69) is 59.0 Å². The Morgan fingerprint density at radius 1 is 1.40 bits per heavy atom. The van der Waals surface area contributed by atoms with Crippen molar-refractivity contribution >= 4 is 5.91 Å². The molecule has 3 rings (SSSR count). The van der Waals surface area contributed by atoms with Crippen LogP contribution in [-0.4, -0.2) is 11.4 Å². The first-order valence-electron chi connectivity index (χ1n) is 7.97. The van der Waals surface area contributed by atoms with E-state index in [0.717, 1.165) is 12.0 Å². The second kappa shape index (κ2) is 5.38. The van der Waals surface area contributed by atoms with E-state index in [1.807, 2.05) is 0 Å². The normalized spacial score (nSPS) is 29.2. The van der Waals surface area contributed by atoms with E-state index >= 15 is 0 Å². The topological polar surface area (TPSA) is 29.1 Å². The molecule has 1 N–H and O–H groups in total. The molecule has 0 fully saturated rings. The highest BCUT2D eigenvalue weighted by atomic mass is 16.1. The van der Waals surface area contributed by atoms with E-state index < -0.39 is 0 Å². The fraction of sp³-hybridized carbons (Fsp3) is 0.722. The summed E-state index contributed by atoms with van der Waals surface area (Å²) in [6.45, 7) is 13.1. The van der Waals surface area contributed by atoms with Crippen LogP contribution in [0.2, 0.25) is 0 Å². The molecule has 3 aliphatic carbocycles. The Morgan fingerprint density at radius 3 is 2.55 bits per heavy atom. The first-order valence-corrected chi connectivity index (χ1v) is 7.97. The summed E-state index contributed by atoms with van der Waals surface area (Å²) in [5, 5.41) is 3.20. The third-order valence-corrected chi connectivity index (χ3v) is 5.21. The lowest BCUT2D eigenvalue weighted by atomic mass is 9.63. The molecule has 2 heteroatoms. The van der Waals surface area contributed by atoms with E-state index in [4.69, 9.17) is 0 Å². The van der Waals surface area contributed by atoms with Crippen LogP contribution in [0.4, 0.5) is 0 Å². The standard InChI is InChI=1S/C18H29NO/c1-7-18(5,6)19-17(20)16-10-13-9-14(11(2)3)15(16)8-12(13)4/h8,10-11,13-15H,7,9H2,1-6H3,(H,19,20). The van der Waals surface area contributed by atoms with Crippen molar-refractivity contribution in [3.05, 3.63) is 23.3 Å². The number of allylic oxidation sites excluding steroid dienone is 3. The second-order valence-corrected chi connectivity index (χ2v) is 7.50. The monoisotopic (exact) mass is 275 g/mol. The summed E-state index contributed by atoms with van der Waals surface area (Å²) in [7, 11) is 0. The van der Waals surface area contributed by atoms with E-state index in [9.17, 15) is 4.79 Å². The number of fused-ring (bicyclic) bond motifs is 1. The van der Waals surface area contributed by atoms with Crippen LogP contribution in [0, 0.1) is 23.7 Å². The second-order valence-electron chi connectivity index (χ2n) is 7.50. The molecule has 0 aromatic rings. The Kier molecular flexibility index (Phi) is 4.13. The summed E-state index contributed by atoms with van der Waals surface area (Å²) < 4.78 is 0. The van der Waals surface area contributed by atoms with Gasteiger partial charge in [-0.1, -0.05) is 38.5 Å². The number of nitrogens with one attached hydrogen (secondary N) is 1. The predicted molar refractivity (Wildman–Crippen MR) is 84.3 cm³/mol. The molecular weight excluding hydrogens is 246 g/mol. The van der Waals surface area contributed by atoms with Crippen LogP contribution in [0.15, 0.2) is 23.3 Å². The summed E-state index contributed by atoms with van der Waals surface area (Å²) in [6, 6.07) is 0. The third-order valence-electron chi connectivity index (χ3n) is 5.21. The van der Waals surface area contributed by atoms with Crippen LogP contribution in [0.3, 0.4) is 0 Å². The Morgan fingerprint density at radius 2 is 2.05 bits per heavy atom. The van der Waals surface area contributed by atoms with Gasteiger partial charge in [-0.05, 0) is 51.4 Å². The Bertz CT molecular complexity index is 456. The van der Waals surface area contributed by atoms with Crippen molar-refractivity contribution in [1.82, 2.24) is 5.32 Å². The van der Waals surface area contributed by atoms with E-state index in [-0.39, 0.29) is 11.4 Å². The molecule has 112 valence electrons. The van der Waals surface area contributed by atoms with Crippen molar-refractivity contribution < 1.29 is 4.79 Å². The molecule has 3 unspecified atom stereocenters. The van der Waals surface area contributed by atoms with Gasteiger partial charge in [0.25, 0.3) is 0 Å². The number of amides is 1. The highest BCUT2D eigenvalue weighted by Crippen LogP contribution is 2.46. The summed E-state index contributed by atoms with van der Waals surface area (Å²) in [5.41, 5.74) is 2.33. The zero-order chi connectivity index (χ0) is 15.1. The van der Waals surface area contributed by atoms with Gasteiger partial charge < -0.3 is 5.32 Å². The molecule has 0 saturated carbocycles. The third kappa shape index (κ3) is 2.84. The van der Waals surface area contributed by atoms with Gasteiger partial charge in [0.05, 0.1) is 0 Å². The lowest BCUT2D eigenvalue weighted by Gasteiger charge is -2.42. The quantitative estimate of drug-likeness (QED) is 0.769. The fourth-order valence-electron chi connectivity index (χ4n) is 3.39. The van der Waals surface area contributed by atoms with Gasteiger partial charge in [0.1, 0.15) is 0 Å². The predicted octanol–water partition coefficient (Wildman–Crippen LogP) is 4.09. The van der Waals surface area contributed by atoms with Gasteiger partial charge in [0, 0.05) is 17.0 Å². The molecule has 0 aromatic carbocycles. The van der Waals surface area contributed by atoms with Gasteiger partial charge in [-0.25, -0.2) is 0 Å². The Balaban J connectivity index is 2.21. The van der Waals surface area contributed by atoms with Gasteiger partial charge in [-0.3, -0.25) is 4.79 Å². The molecule has 2 bridgehead atoms. The van der Waals surface area contributed by atoms with Gasteiger partial charge in [0.15, 0.2) is 0 Å². The highest BCUT2D eigenvalue weighted by molar-refractivity contribution is 5.95. The minimum absolute atomic E-state index is 0.124. The maximum absolute atomic E-state index is 12.6. The molecule has 2 nitrogen and oxygen atoms in total. The molecule has 1 amide bonds. The minimum atomic E-state index is -0.124. The van der Waals surface area contributed by atoms with Crippen LogP contribution in [-0.2, 0) is 4.79 Å². The molecule has 0 radical (unpaired) electrons. The molecule has 20 heavy (non-hydrogen) atoms. The number of carbonyl (C=O) groups is 1. The first kappa shape index (κ1) is 15.3. The minimum Gasteiger partial charge on any atom is -0.347 e. The molecule has 0 heterocycles. The van der Waals surface area contributed by atoms with Crippen molar-refractivity contribution in [1.29, 1.82) is 0 Å². The molecule has 0 aromatic heterocycles. The maximum Gasteiger partial charge on any atom is 0.247 e. The van der Waals surface area contributed by atoms with E-state index in [1.54, 1.807) is 0 Å². The lowest BCUT2D eigenvalue weighted by molar-refractivity contribution is -0.119. The Labute approximate surface area is 123 Å². The van der Waals surface area contributed by atoms with Crippen molar-refractivity contribution in [3.8, 4) is 0 Å². The van der Waals surface area contributed by atoms with Crippen molar-refractivity contribution in [2.45, 2.75) is 59.9 Å². The van der Waals surface area contributed by atoms with Gasteiger partial charge in [-0.2, -0.15) is 0 Å². The average molecular weight is 275 g/mol. The van der Waals surface area contributed by atoms with Crippen LogP contribution < -0.4 is 5.32 Å². The molecule has 0 aliphatic heterocycles. The number of hydrogen-bond acceptors (Lipinski definition) is 1. The smallest absolute Gasteiger partial charge is 0.247 e. The van der Waals surface area contributed by atoms with Gasteiger partial charge >= 0.3 is 0 Å². The van der Waals surface area contributed by atoms with Crippen molar-refractivity contribution in [3.63, 3.8) is 0 Å². The zero-order valence-electron chi connectivity index (χ0n) is 13.8. The largest absolute Gasteiger partial charge is 0.347 e. The van der Waals surface area contributed by atoms with Crippen molar-refractivity contribution in [2.24, 2.45) is 23.7 Å². The molecule has 3 aliphatic rings. The number of hydrogen-bond donors (Lipinski definition) is 1. The van der Waals surface area contributed by atoms with Crippen LogP contribution in [0.25, 0.3) is 0 Å². The van der Waals surface area contributed by atoms with E-state index in [1.165, 1.54) is 12.0 Å². The van der Waals surface area contributed by atoms with E-state index in [0.29, 0.717) is 23.7 Å².